The van der Waals surface area contributed by atoms with Crippen LogP contribution in [0.3, 0.4) is 0 Å². The second-order valence-corrected chi connectivity index (χ2v) is 8.66. The first-order chi connectivity index (χ1) is 15.0. The highest BCUT2D eigenvalue weighted by Crippen LogP contribution is 2.51. The average Bonchev–Trinajstić information content (AvgIpc) is 3.45. The normalized spacial score (nSPS) is 15.8. The van der Waals surface area contributed by atoms with Gasteiger partial charge in [-0.1, -0.05) is 36.4 Å². The summed E-state index contributed by atoms with van der Waals surface area (Å²) in [5.41, 5.74) is 4.67. The van der Waals surface area contributed by atoms with E-state index in [0.717, 1.165) is 53.4 Å². The third kappa shape index (κ3) is 3.81. The molecule has 3 aromatic rings. The largest absolute Gasteiger partial charge is 0.454 e. The van der Waals surface area contributed by atoms with E-state index in [1.54, 1.807) is 0 Å². The van der Waals surface area contributed by atoms with Gasteiger partial charge in [0.25, 0.3) is 0 Å². The SMILES string of the molecule is CN(C)Cc1ccccc1-c1cccc(CC(=O)C2(c3ccc4c(c3)OCO4)CC2)n1. The van der Waals surface area contributed by atoms with E-state index in [2.05, 4.69) is 37.2 Å². The molecule has 1 aliphatic carbocycles. The summed E-state index contributed by atoms with van der Waals surface area (Å²) in [7, 11) is 4.12. The van der Waals surface area contributed by atoms with Crippen LogP contribution in [0.4, 0.5) is 0 Å². The monoisotopic (exact) mass is 414 g/mol. The molecule has 2 aliphatic rings. The molecule has 1 fully saturated rings. The van der Waals surface area contributed by atoms with Crippen molar-refractivity contribution in [3.8, 4) is 22.8 Å². The highest BCUT2D eigenvalue weighted by Gasteiger charge is 2.50. The molecule has 31 heavy (non-hydrogen) atoms. The Labute approximate surface area is 182 Å². The highest BCUT2D eigenvalue weighted by atomic mass is 16.7. The molecular formula is C26H26N2O3. The number of nitrogens with zero attached hydrogens (tertiary/aromatic N) is 2. The number of pyridine rings is 1. The van der Waals surface area contributed by atoms with Crippen molar-refractivity contribution in [2.24, 2.45) is 0 Å². The second-order valence-electron chi connectivity index (χ2n) is 8.66. The summed E-state index contributed by atoms with van der Waals surface area (Å²) in [5.74, 6) is 1.70. The molecule has 0 bridgehead atoms. The minimum atomic E-state index is -0.415. The number of carbonyl (C=O) groups is 1. The maximum atomic E-state index is 13.3. The fourth-order valence-electron chi connectivity index (χ4n) is 4.36. The lowest BCUT2D eigenvalue weighted by Crippen LogP contribution is -2.23. The fourth-order valence-corrected chi connectivity index (χ4v) is 4.36. The van der Waals surface area contributed by atoms with Gasteiger partial charge in [-0.25, -0.2) is 0 Å². The number of Topliss-reactive ketones (excluding diaryl/α,β-unsaturated/α-hetero) is 1. The number of benzene rings is 2. The Morgan fingerprint density at radius 1 is 1.00 bits per heavy atom. The van der Waals surface area contributed by atoms with E-state index >= 15 is 0 Å². The van der Waals surface area contributed by atoms with Crippen molar-refractivity contribution in [3.05, 3.63) is 77.5 Å². The summed E-state index contributed by atoms with van der Waals surface area (Å²) in [6.07, 6.45) is 2.08. The number of aromatic nitrogens is 1. The number of hydrogen-bond donors (Lipinski definition) is 0. The molecule has 2 aromatic carbocycles. The molecule has 5 heteroatoms. The summed E-state index contributed by atoms with van der Waals surface area (Å²) in [6.45, 7) is 1.08. The van der Waals surface area contributed by atoms with E-state index in [0.29, 0.717) is 6.42 Å². The van der Waals surface area contributed by atoms with Crippen LogP contribution in [0.5, 0.6) is 11.5 Å². The molecule has 0 unspecified atom stereocenters. The predicted octanol–water partition coefficient (Wildman–Crippen LogP) is 4.38. The van der Waals surface area contributed by atoms with Gasteiger partial charge in [0, 0.05) is 24.2 Å². The van der Waals surface area contributed by atoms with E-state index in [-0.39, 0.29) is 12.6 Å². The third-order valence-electron chi connectivity index (χ3n) is 6.14. The van der Waals surface area contributed by atoms with Crippen LogP contribution in [0, 0.1) is 0 Å². The Bertz CT molecular complexity index is 1140. The second kappa shape index (κ2) is 7.82. The predicted molar refractivity (Wildman–Crippen MR) is 119 cm³/mol. The molecule has 0 saturated heterocycles. The van der Waals surface area contributed by atoms with Crippen LogP contribution in [-0.4, -0.2) is 36.6 Å². The molecule has 5 nitrogen and oxygen atoms in total. The van der Waals surface area contributed by atoms with Crippen LogP contribution in [0.1, 0.15) is 29.7 Å². The van der Waals surface area contributed by atoms with Crippen LogP contribution < -0.4 is 9.47 Å². The standard InChI is InChI=1S/C26H26N2O3/c1-28(2)16-18-6-3-4-8-21(18)22-9-5-7-20(27-22)15-25(29)26(12-13-26)19-10-11-23-24(14-19)31-17-30-23/h3-11,14H,12-13,15-17H2,1-2H3. The van der Waals surface area contributed by atoms with Crippen LogP contribution in [0.15, 0.2) is 60.7 Å². The molecule has 5 rings (SSSR count). The molecule has 0 spiro atoms. The maximum Gasteiger partial charge on any atom is 0.231 e. The van der Waals surface area contributed by atoms with E-state index < -0.39 is 5.41 Å². The van der Waals surface area contributed by atoms with Gasteiger partial charge in [-0.05, 0) is 62.3 Å². The number of carbonyl (C=O) groups excluding carboxylic acids is 1. The average molecular weight is 415 g/mol. The molecule has 0 amide bonds. The van der Waals surface area contributed by atoms with Crippen LogP contribution in [0.25, 0.3) is 11.3 Å². The topological polar surface area (TPSA) is 51.7 Å². The fraction of sp³-hybridized carbons (Fsp3) is 0.308. The van der Waals surface area contributed by atoms with Gasteiger partial charge in [0.1, 0.15) is 5.78 Å². The quantitative estimate of drug-likeness (QED) is 0.574. The molecule has 1 aromatic heterocycles. The van der Waals surface area contributed by atoms with Gasteiger partial charge >= 0.3 is 0 Å². The van der Waals surface area contributed by atoms with Crippen LogP contribution in [-0.2, 0) is 23.2 Å². The van der Waals surface area contributed by atoms with Gasteiger partial charge in [0.2, 0.25) is 6.79 Å². The van der Waals surface area contributed by atoms with Crippen molar-refractivity contribution in [1.82, 2.24) is 9.88 Å². The first-order valence-electron chi connectivity index (χ1n) is 10.7. The number of rotatable bonds is 7. The molecule has 0 N–H and O–H groups in total. The first kappa shape index (κ1) is 19.8. The minimum absolute atomic E-state index is 0.220. The Kier molecular flexibility index (Phi) is 4.98. The van der Waals surface area contributed by atoms with Crippen molar-refractivity contribution in [3.63, 3.8) is 0 Å². The molecule has 1 aliphatic heterocycles. The third-order valence-corrected chi connectivity index (χ3v) is 6.14. The Balaban J connectivity index is 1.39. The molecule has 158 valence electrons. The van der Waals surface area contributed by atoms with Crippen molar-refractivity contribution in [1.29, 1.82) is 0 Å². The summed E-state index contributed by atoms with van der Waals surface area (Å²) < 4.78 is 10.9. The Morgan fingerprint density at radius 2 is 1.81 bits per heavy atom. The van der Waals surface area contributed by atoms with Gasteiger partial charge in [0.05, 0.1) is 11.1 Å². The van der Waals surface area contributed by atoms with Crippen molar-refractivity contribution in [2.75, 3.05) is 20.9 Å². The maximum absolute atomic E-state index is 13.3. The van der Waals surface area contributed by atoms with Crippen LogP contribution in [0.2, 0.25) is 0 Å². The molecular weight excluding hydrogens is 388 g/mol. The summed E-state index contributed by atoms with van der Waals surface area (Å²) in [5, 5.41) is 0. The van der Waals surface area contributed by atoms with Gasteiger partial charge in [-0.15, -0.1) is 0 Å². The highest BCUT2D eigenvalue weighted by molar-refractivity contribution is 5.94. The van der Waals surface area contributed by atoms with E-state index in [4.69, 9.17) is 14.5 Å². The van der Waals surface area contributed by atoms with E-state index in [1.165, 1.54) is 5.56 Å². The number of ether oxygens (including phenoxy) is 2. The molecule has 0 atom stereocenters. The number of ketones is 1. The minimum Gasteiger partial charge on any atom is -0.454 e. The molecule has 0 radical (unpaired) electrons. The van der Waals surface area contributed by atoms with Gasteiger partial charge in [-0.2, -0.15) is 0 Å². The first-order valence-corrected chi connectivity index (χ1v) is 10.7. The van der Waals surface area contributed by atoms with E-state index in [1.807, 2.05) is 42.5 Å². The molecule has 1 saturated carbocycles. The zero-order valence-electron chi connectivity index (χ0n) is 17.9. The zero-order chi connectivity index (χ0) is 21.4. The van der Waals surface area contributed by atoms with Crippen LogP contribution >= 0.6 is 0 Å². The zero-order valence-corrected chi connectivity index (χ0v) is 17.9. The summed E-state index contributed by atoms with van der Waals surface area (Å²) >= 11 is 0. The lowest BCUT2D eigenvalue weighted by Gasteiger charge is -2.16. The van der Waals surface area contributed by atoms with Gasteiger partial charge in [-0.3, -0.25) is 9.78 Å². The number of hydrogen-bond acceptors (Lipinski definition) is 5. The Hall–Kier alpha value is -3.18. The van der Waals surface area contributed by atoms with E-state index in [9.17, 15) is 4.79 Å². The van der Waals surface area contributed by atoms with Crippen molar-refractivity contribution in [2.45, 2.75) is 31.2 Å². The lowest BCUT2D eigenvalue weighted by atomic mass is 9.88. The van der Waals surface area contributed by atoms with Crippen molar-refractivity contribution < 1.29 is 14.3 Å². The Morgan fingerprint density at radius 3 is 2.61 bits per heavy atom. The van der Waals surface area contributed by atoms with Crippen molar-refractivity contribution >= 4 is 5.78 Å². The summed E-state index contributed by atoms with van der Waals surface area (Å²) in [6, 6.07) is 20.2. The molecule has 2 heterocycles. The van der Waals surface area contributed by atoms with Gasteiger partial charge in [0.15, 0.2) is 11.5 Å². The van der Waals surface area contributed by atoms with Gasteiger partial charge < -0.3 is 14.4 Å². The lowest BCUT2D eigenvalue weighted by molar-refractivity contribution is -0.120. The summed E-state index contributed by atoms with van der Waals surface area (Å²) in [4.78, 5) is 20.3. The number of fused-ring (bicyclic) bond motifs is 1. The smallest absolute Gasteiger partial charge is 0.231 e.